The van der Waals surface area contributed by atoms with Crippen LogP contribution in [0.1, 0.15) is 0 Å². The van der Waals surface area contributed by atoms with Crippen LogP contribution in [0.2, 0.25) is 0 Å². The number of nitro benzene ring substituents is 1. The smallest absolute Gasteiger partial charge is 0.258 e. The van der Waals surface area contributed by atoms with E-state index in [1.807, 2.05) is 12.1 Å². The number of rotatable bonds is 1. The van der Waals surface area contributed by atoms with Gasteiger partial charge in [0.05, 0.1) is 10.3 Å². The van der Waals surface area contributed by atoms with Crippen LogP contribution in [0.5, 0.6) is 0 Å². The summed E-state index contributed by atoms with van der Waals surface area (Å²) in [5, 5.41) is 12.3. The Morgan fingerprint density at radius 2 is 1.80 bits per heavy atom. The molecule has 0 aliphatic carbocycles. The first-order valence-corrected chi connectivity index (χ1v) is 5.71. The van der Waals surface area contributed by atoms with Crippen LogP contribution in [0, 0.1) is 10.1 Å². The molecule has 2 aromatic rings. The minimum Gasteiger partial charge on any atom is -0.258 e. The second-order valence-corrected chi connectivity index (χ2v) is 4.69. The summed E-state index contributed by atoms with van der Waals surface area (Å²) in [6.07, 6.45) is 0. The van der Waals surface area contributed by atoms with Crippen molar-refractivity contribution in [1.82, 2.24) is 0 Å². The second-order valence-electron chi connectivity index (χ2n) is 2.99. The Bertz CT molecular complexity index is 554. The van der Waals surface area contributed by atoms with E-state index in [1.165, 1.54) is 6.07 Å². The predicted molar refractivity (Wildman–Crippen MR) is 66.0 cm³/mol. The molecule has 0 unspecified atom stereocenters. The Morgan fingerprint density at radius 3 is 2.47 bits per heavy atom. The van der Waals surface area contributed by atoms with Crippen molar-refractivity contribution in [3.8, 4) is 0 Å². The molecule has 0 saturated heterocycles. The standard InChI is InChI=1S/C10H5Br2NO2/c11-7-4-5-9(13(14)15)10-6(7)2-1-3-8(10)12/h1-5H. The van der Waals surface area contributed by atoms with Crippen molar-refractivity contribution in [3.63, 3.8) is 0 Å². The fourth-order valence-corrected chi connectivity index (χ4v) is 2.49. The Balaban J connectivity index is 2.96. The van der Waals surface area contributed by atoms with Crippen molar-refractivity contribution in [2.24, 2.45) is 0 Å². The Morgan fingerprint density at radius 1 is 1.07 bits per heavy atom. The minimum absolute atomic E-state index is 0.112. The Labute approximate surface area is 103 Å². The second kappa shape index (κ2) is 3.90. The number of hydrogen-bond donors (Lipinski definition) is 0. The molecular formula is C10H5Br2NO2. The third kappa shape index (κ3) is 1.77. The van der Waals surface area contributed by atoms with E-state index in [2.05, 4.69) is 31.9 Å². The molecule has 0 fully saturated rings. The minimum atomic E-state index is -0.375. The first-order chi connectivity index (χ1) is 7.11. The third-order valence-electron chi connectivity index (χ3n) is 2.11. The first-order valence-electron chi connectivity index (χ1n) is 4.12. The highest BCUT2D eigenvalue weighted by Crippen LogP contribution is 2.36. The monoisotopic (exact) mass is 329 g/mol. The number of hydrogen-bond acceptors (Lipinski definition) is 2. The summed E-state index contributed by atoms with van der Waals surface area (Å²) in [5.41, 5.74) is 0.112. The topological polar surface area (TPSA) is 43.1 Å². The molecule has 3 nitrogen and oxygen atoms in total. The van der Waals surface area contributed by atoms with Gasteiger partial charge in [0.2, 0.25) is 0 Å². The number of fused-ring (bicyclic) bond motifs is 1. The zero-order chi connectivity index (χ0) is 11.0. The maximum Gasteiger partial charge on any atom is 0.278 e. The quantitative estimate of drug-likeness (QED) is 0.578. The average molecular weight is 331 g/mol. The highest BCUT2D eigenvalue weighted by Gasteiger charge is 2.15. The normalized spacial score (nSPS) is 10.5. The Kier molecular flexibility index (Phi) is 2.75. The van der Waals surface area contributed by atoms with Gasteiger partial charge in [0.1, 0.15) is 0 Å². The van der Waals surface area contributed by atoms with Crippen molar-refractivity contribution < 1.29 is 4.92 Å². The lowest BCUT2D eigenvalue weighted by atomic mass is 10.1. The number of halogens is 2. The molecule has 2 rings (SSSR count). The highest BCUT2D eigenvalue weighted by atomic mass is 79.9. The maximum absolute atomic E-state index is 10.8. The van der Waals surface area contributed by atoms with Crippen LogP contribution in [0.25, 0.3) is 10.8 Å². The summed E-state index contributed by atoms with van der Waals surface area (Å²) in [6.45, 7) is 0. The molecule has 0 aliphatic rings. The molecule has 0 N–H and O–H groups in total. The van der Waals surface area contributed by atoms with Crippen LogP contribution < -0.4 is 0 Å². The molecule has 2 aromatic carbocycles. The van der Waals surface area contributed by atoms with Gasteiger partial charge in [0.25, 0.3) is 5.69 Å². The molecule has 0 spiro atoms. The van der Waals surface area contributed by atoms with E-state index < -0.39 is 0 Å². The summed E-state index contributed by atoms with van der Waals surface area (Å²) in [6, 6.07) is 8.67. The summed E-state index contributed by atoms with van der Waals surface area (Å²) in [4.78, 5) is 10.5. The number of non-ortho nitro benzene ring substituents is 1. The van der Waals surface area contributed by atoms with Gasteiger partial charge in [-0.15, -0.1) is 0 Å². The molecule has 5 heteroatoms. The largest absolute Gasteiger partial charge is 0.278 e. The van der Waals surface area contributed by atoms with Crippen molar-refractivity contribution in [2.45, 2.75) is 0 Å². The number of benzene rings is 2. The number of nitro groups is 1. The van der Waals surface area contributed by atoms with Crippen LogP contribution in [-0.4, -0.2) is 4.92 Å². The molecule has 0 aliphatic heterocycles. The van der Waals surface area contributed by atoms with Gasteiger partial charge in [0, 0.05) is 20.4 Å². The van der Waals surface area contributed by atoms with Crippen LogP contribution in [-0.2, 0) is 0 Å². The molecular weight excluding hydrogens is 326 g/mol. The van der Waals surface area contributed by atoms with Gasteiger partial charge in [-0.05, 0) is 28.1 Å². The lowest BCUT2D eigenvalue weighted by molar-refractivity contribution is -0.383. The van der Waals surface area contributed by atoms with E-state index in [0.717, 1.165) is 14.3 Å². The van der Waals surface area contributed by atoms with Gasteiger partial charge in [-0.2, -0.15) is 0 Å². The molecule has 0 heterocycles. The van der Waals surface area contributed by atoms with Gasteiger partial charge in [-0.25, -0.2) is 0 Å². The molecule has 0 radical (unpaired) electrons. The lowest BCUT2D eigenvalue weighted by Gasteiger charge is -2.03. The molecule has 15 heavy (non-hydrogen) atoms. The van der Waals surface area contributed by atoms with Crippen LogP contribution in [0.3, 0.4) is 0 Å². The fourth-order valence-electron chi connectivity index (χ4n) is 1.46. The molecule has 0 aromatic heterocycles. The van der Waals surface area contributed by atoms with Gasteiger partial charge < -0.3 is 0 Å². The zero-order valence-electron chi connectivity index (χ0n) is 7.41. The van der Waals surface area contributed by atoms with E-state index in [4.69, 9.17) is 0 Å². The van der Waals surface area contributed by atoms with Crippen molar-refractivity contribution in [3.05, 3.63) is 49.4 Å². The Hall–Kier alpha value is -0.940. The fraction of sp³-hybridized carbons (Fsp3) is 0. The summed E-state index contributed by atoms with van der Waals surface area (Å²) < 4.78 is 1.58. The lowest BCUT2D eigenvalue weighted by Crippen LogP contribution is -1.90. The summed E-state index contributed by atoms with van der Waals surface area (Å²) in [7, 11) is 0. The van der Waals surface area contributed by atoms with Gasteiger partial charge >= 0.3 is 0 Å². The van der Waals surface area contributed by atoms with Crippen LogP contribution in [0.15, 0.2) is 39.3 Å². The van der Waals surface area contributed by atoms with Crippen molar-refractivity contribution in [2.75, 3.05) is 0 Å². The third-order valence-corrected chi connectivity index (χ3v) is 3.46. The van der Waals surface area contributed by atoms with Crippen molar-refractivity contribution >= 4 is 48.3 Å². The van der Waals surface area contributed by atoms with Gasteiger partial charge in [0.15, 0.2) is 0 Å². The molecule has 0 atom stereocenters. The van der Waals surface area contributed by atoms with E-state index in [1.54, 1.807) is 12.1 Å². The van der Waals surface area contributed by atoms with E-state index in [0.29, 0.717) is 5.39 Å². The van der Waals surface area contributed by atoms with Gasteiger partial charge in [-0.3, -0.25) is 10.1 Å². The van der Waals surface area contributed by atoms with Gasteiger partial charge in [-0.1, -0.05) is 28.1 Å². The first kappa shape index (κ1) is 10.6. The predicted octanol–water partition coefficient (Wildman–Crippen LogP) is 4.27. The summed E-state index contributed by atoms with van der Waals surface area (Å²) >= 11 is 6.70. The zero-order valence-corrected chi connectivity index (χ0v) is 10.6. The SMILES string of the molecule is O=[N+]([O-])c1ccc(Br)c2cccc(Br)c12. The highest BCUT2D eigenvalue weighted by molar-refractivity contribution is 9.11. The molecule has 0 bridgehead atoms. The number of nitrogens with zero attached hydrogens (tertiary/aromatic N) is 1. The van der Waals surface area contributed by atoms with Crippen molar-refractivity contribution in [1.29, 1.82) is 0 Å². The summed E-state index contributed by atoms with van der Waals surface area (Å²) in [5.74, 6) is 0. The molecule has 0 amide bonds. The van der Waals surface area contributed by atoms with E-state index >= 15 is 0 Å². The van der Waals surface area contributed by atoms with Crippen LogP contribution in [0.4, 0.5) is 5.69 Å². The molecule has 76 valence electrons. The van der Waals surface area contributed by atoms with E-state index in [-0.39, 0.29) is 10.6 Å². The maximum atomic E-state index is 10.8. The molecule has 0 saturated carbocycles. The van der Waals surface area contributed by atoms with E-state index in [9.17, 15) is 10.1 Å². The average Bonchev–Trinajstić information content (AvgIpc) is 2.19. The van der Waals surface area contributed by atoms with Crippen LogP contribution >= 0.6 is 31.9 Å².